The average Bonchev–Trinajstić information content (AvgIpc) is 2.49. The maximum atomic E-state index is 13.5. The zero-order chi connectivity index (χ0) is 24.8. The molecule has 0 fully saturated rings. The van der Waals surface area contributed by atoms with Crippen LogP contribution < -0.4 is 0 Å². The van der Waals surface area contributed by atoms with Crippen molar-refractivity contribution in [3.05, 3.63) is 0 Å². The quantitative estimate of drug-likeness (QED) is 0.244. The van der Waals surface area contributed by atoms with Gasteiger partial charge in [-0.15, -0.1) is 0 Å². The molecular formula is C10H12F12O6P2. The summed E-state index contributed by atoms with van der Waals surface area (Å²) in [5.41, 5.74) is 0. The molecule has 0 aliphatic heterocycles. The van der Waals surface area contributed by atoms with Crippen LogP contribution in [0.25, 0.3) is 0 Å². The van der Waals surface area contributed by atoms with E-state index in [1.54, 1.807) is 0 Å². The van der Waals surface area contributed by atoms with Crippen molar-refractivity contribution >= 4 is 15.2 Å². The average molecular weight is 518 g/mol. The van der Waals surface area contributed by atoms with Crippen molar-refractivity contribution in [3.8, 4) is 0 Å². The van der Waals surface area contributed by atoms with Gasteiger partial charge in [-0.05, 0) is 0 Å². The Morgan fingerprint density at radius 2 is 0.667 bits per heavy atom. The van der Waals surface area contributed by atoms with Crippen LogP contribution >= 0.6 is 15.2 Å². The second-order valence-corrected chi connectivity index (χ2v) is 9.54. The molecule has 0 rings (SSSR count). The maximum absolute atomic E-state index is 13.5. The second-order valence-electron chi connectivity index (χ2n) is 5.98. The van der Waals surface area contributed by atoms with Crippen molar-refractivity contribution in [1.29, 1.82) is 0 Å². The molecule has 0 amide bonds. The summed E-state index contributed by atoms with van der Waals surface area (Å²) in [4.78, 5) is 33.1. The molecule has 0 heterocycles. The van der Waals surface area contributed by atoms with E-state index in [9.17, 15) is 61.8 Å². The van der Waals surface area contributed by atoms with Crippen molar-refractivity contribution in [2.75, 3.05) is 12.3 Å². The van der Waals surface area contributed by atoms with Crippen molar-refractivity contribution in [1.82, 2.24) is 0 Å². The molecule has 0 bridgehead atoms. The summed E-state index contributed by atoms with van der Waals surface area (Å²) in [6.45, 7) is 0. The van der Waals surface area contributed by atoms with Gasteiger partial charge in [-0.2, -0.15) is 52.7 Å². The van der Waals surface area contributed by atoms with Gasteiger partial charge in [0.25, 0.3) is 0 Å². The van der Waals surface area contributed by atoms with Gasteiger partial charge in [-0.1, -0.05) is 0 Å². The Labute approximate surface area is 158 Å². The van der Waals surface area contributed by atoms with Crippen molar-refractivity contribution < 1.29 is 81.4 Å². The highest BCUT2D eigenvalue weighted by Gasteiger charge is 2.89. The Balaban J connectivity index is 6.18. The van der Waals surface area contributed by atoms with Gasteiger partial charge in [0.15, 0.2) is 0 Å². The molecule has 0 aromatic heterocycles. The molecule has 30 heavy (non-hydrogen) atoms. The molecule has 4 N–H and O–H groups in total. The minimum atomic E-state index is -7.92. The first-order valence-corrected chi connectivity index (χ1v) is 10.6. The van der Waals surface area contributed by atoms with E-state index in [0.717, 1.165) is 0 Å². The topological polar surface area (TPSA) is 115 Å². The Morgan fingerprint density at radius 1 is 0.467 bits per heavy atom. The molecule has 0 spiro atoms. The first-order valence-electron chi connectivity index (χ1n) is 7.02. The van der Waals surface area contributed by atoms with Gasteiger partial charge in [0.1, 0.15) is 0 Å². The molecule has 0 atom stereocenters. The molecule has 0 unspecified atom stereocenters. The lowest BCUT2D eigenvalue weighted by Crippen LogP contribution is -2.70. The molecule has 182 valence electrons. The number of hydrogen-bond acceptors (Lipinski definition) is 2. The summed E-state index contributed by atoms with van der Waals surface area (Å²) in [6, 6.07) is 0. The summed E-state index contributed by atoms with van der Waals surface area (Å²) in [6.07, 6.45) is -10.4. The SMILES string of the molecule is O=P(O)(O)CCC(F)(F)C(F)(F)C(F)(F)C(F)(F)C(F)(F)C(F)(F)CCP(=O)(O)O. The third kappa shape index (κ3) is 5.63. The van der Waals surface area contributed by atoms with Crippen LogP contribution in [0.3, 0.4) is 0 Å². The third-order valence-electron chi connectivity index (χ3n) is 3.54. The number of rotatable bonds is 11. The summed E-state index contributed by atoms with van der Waals surface area (Å²) in [5, 5.41) is 0. The Bertz CT molecular complexity index is 654. The lowest BCUT2D eigenvalue weighted by Gasteiger charge is -2.41. The smallest absolute Gasteiger partial charge is 0.324 e. The molecule has 0 saturated heterocycles. The van der Waals surface area contributed by atoms with Gasteiger partial charge in [-0.3, -0.25) is 9.13 Å². The fourth-order valence-electron chi connectivity index (χ4n) is 1.74. The maximum Gasteiger partial charge on any atom is 0.384 e. The fourth-order valence-corrected chi connectivity index (χ4v) is 2.88. The minimum Gasteiger partial charge on any atom is -0.324 e. The van der Waals surface area contributed by atoms with Crippen LogP contribution in [0.4, 0.5) is 52.7 Å². The van der Waals surface area contributed by atoms with Crippen molar-refractivity contribution in [3.63, 3.8) is 0 Å². The minimum absolute atomic E-state index is 2.29. The molecule has 0 aliphatic carbocycles. The van der Waals surface area contributed by atoms with E-state index < -0.39 is 75.9 Å². The van der Waals surface area contributed by atoms with Crippen molar-refractivity contribution in [2.24, 2.45) is 0 Å². The highest BCUT2D eigenvalue weighted by atomic mass is 31.2. The van der Waals surface area contributed by atoms with E-state index in [1.165, 1.54) is 0 Å². The van der Waals surface area contributed by atoms with E-state index in [-0.39, 0.29) is 0 Å². The van der Waals surface area contributed by atoms with Crippen LogP contribution in [0.1, 0.15) is 12.8 Å². The van der Waals surface area contributed by atoms with E-state index in [1.807, 2.05) is 0 Å². The van der Waals surface area contributed by atoms with Gasteiger partial charge in [0.2, 0.25) is 0 Å². The second kappa shape index (κ2) is 8.10. The monoisotopic (exact) mass is 518 g/mol. The molecule has 0 saturated carbocycles. The Morgan fingerprint density at radius 3 is 0.833 bits per heavy atom. The standard InChI is InChI=1S/C10H12F12O6P2/c11-5(12,1-3-29(23,24)25)7(15,16)9(19,20)10(21,22)8(17,18)6(13,14)2-4-30(26,27)28/h1-4H2,(H2,23,24,25)(H2,26,27,28). The predicted octanol–water partition coefficient (Wildman–Crippen LogP) is 3.93. The van der Waals surface area contributed by atoms with Gasteiger partial charge in [0.05, 0.1) is 12.3 Å². The largest absolute Gasteiger partial charge is 0.384 e. The third-order valence-corrected chi connectivity index (χ3v) is 5.15. The van der Waals surface area contributed by atoms with Crippen LogP contribution in [0.15, 0.2) is 0 Å². The highest BCUT2D eigenvalue weighted by molar-refractivity contribution is 7.52. The number of halogens is 12. The molecular weight excluding hydrogens is 506 g/mol. The molecule has 20 heteroatoms. The Hall–Kier alpha value is -0.540. The first-order chi connectivity index (χ1) is 12.7. The lowest BCUT2D eigenvalue weighted by atomic mass is 9.90. The zero-order valence-electron chi connectivity index (χ0n) is 13.9. The molecule has 0 radical (unpaired) electrons. The number of alkyl halides is 12. The van der Waals surface area contributed by atoms with Crippen LogP contribution in [0.2, 0.25) is 0 Å². The highest BCUT2D eigenvalue weighted by Crippen LogP contribution is 2.61. The van der Waals surface area contributed by atoms with E-state index >= 15 is 0 Å². The van der Waals surface area contributed by atoms with Crippen LogP contribution in [0.5, 0.6) is 0 Å². The van der Waals surface area contributed by atoms with E-state index in [0.29, 0.717) is 0 Å². The van der Waals surface area contributed by atoms with Crippen LogP contribution in [0, 0.1) is 0 Å². The van der Waals surface area contributed by atoms with Gasteiger partial charge < -0.3 is 19.6 Å². The Kier molecular flexibility index (Phi) is 7.96. The van der Waals surface area contributed by atoms with Crippen LogP contribution in [-0.2, 0) is 9.13 Å². The molecule has 6 nitrogen and oxygen atoms in total. The summed E-state index contributed by atoms with van der Waals surface area (Å²) in [5.74, 6) is -43.9. The van der Waals surface area contributed by atoms with E-state index in [4.69, 9.17) is 19.6 Å². The lowest BCUT2D eigenvalue weighted by molar-refractivity contribution is -0.425. The van der Waals surface area contributed by atoms with Crippen LogP contribution in [-0.4, -0.2) is 67.4 Å². The summed E-state index contributed by atoms with van der Waals surface area (Å²) >= 11 is 0. The zero-order valence-corrected chi connectivity index (χ0v) is 15.7. The summed E-state index contributed by atoms with van der Waals surface area (Å²) in [7, 11) is -11.2. The van der Waals surface area contributed by atoms with E-state index in [2.05, 4.69) is 0 Å². The normalized spacial score (nSPS) is 16.1. The van der Waals surface area contributed by atoms with Gasteiger partial charge in [-0.25, -0.2) is 0 Å². The fraction of sp³-hybridized carbons (Fsp3) is 1.00. The number of hydrogen-bond donors (Lipinski definition) is 4. The van der Waals surface area contributed by atoms with Crippen molar-refractivity contribution in [2.45, 2.75) is 48.4 Å². The molecule has 0 aromatic carbocycles. The molecule has 0 aromatic rings. The summed E-state index contributed by atoms with van der Waals surface area (Å²) < 4.78 is 181. The predicted molar refractivity (Wildman–Crippen MR) is 72.7 cm³/mol. The molecule has 0 aliphatic rings. The van der Waals surface area contributed by atoms with Gasteiger partial charge in [0, 0.05) is 12.8 Å². The van der Waals surface area contributed by atoms with Gasteiger partial charge >= 0.3 is 50.7 Å². The first kappa shape index (κ1) is 29.5.